The molecule has 4 nitrogen and oxygen atoms in total. The van der Waals surface area contributed by atoms with Crippen LogP contribution in [0.25, 0.3) is 50.7 Å². The number of hydrogen-bond donors (Lipinski definition) is 1. The fourth-order valence-electron chi connectivity index (χ4n) is 13.5. The van der Waals surface area contributed by atoms with Gasteiger partial charge in [-0.2, -0.15) is 5.10 Å². The molecule has 0 saturated heterocycles. The molecule has 1 saturated carbocycles. The van der Waals surface area contributed by atoms with Crippen LogP contribution in [0.3, 0.4) is 0 Å². The fourth-order valence-corrected chi connectivity index (χ4v) is 13.5. The van der Waals surface area contributed by atoms with Crippen LogP contribution in [0, 0.1) is 17.8 Å². The van der Waals surface area contributed by atoms with E-state index >= 15 is 0 Å². The third-order valence-electron chi connectivity index (χ3n) is 16.7. The summed E-state index contributed by atoms with van der Waals surface area (Å²) in [6, 6.07) is 41.8. The van der Waals surface area contributed by atoms with Gasteiger partial charge in [0.25, 0.3) is 0 Å². The van der Waals surface area contributed by atoms with Crippen LogP contribution < -0.4 is 5.32 Å². The van der Waals surface area contributed by atoms with Crippen molar-refractivity contribution >= 4 is 34.1 Å². The van der Waals surface area contributed by atoms with E-state index in [1.54, 1.807) is 16.7 Å². The first-order chi connectivity index (χ1) is 34.7. The minimum atomic E-state index is -0.0459. The number of benzene rings is 4. The van der Waals surface area contributed by atoms with E-state index in [1.807, 2.05) is 0 Å². The molecule has 5 unspecified atom stereocenters. The molecule has 8 aliphatic rings. The minimum Gasteiger partial charge on any atom is -0.359 e. The molecule has 0 amide bonds. The molecule has 70 heavy (non-hydrogen) atoms. The Hall–Kier alpha value is -7.30. The van der Waals surface area contributed by atoms with Gasteiger partial charge in [-0.1, -0.05) is 182 Å². The maximum atomic E-state index is 5.71. The molecule has 0 bridgehead atoms. The molecular formula is C66H58N4. The van der Waals surface area contributed by atoms with Crippen molar-refractivity contribution in [1.82, 2.24) is 14.9 Å². The summed E-state index contributed by atoms with van der Waals surface area (Å²) in [5.41, 5.74) is 24.9. The number of amidine groups is 1. The van der Waals surface area contributed by atoms with Crippen LogP contribution in [-0.4, -0.2) is 21.5 Å². The van der Waals surface area contributed by atoms with Crippen molar-refractivity contribution in [1.29, 1.82) is 0 Å². The van der Waals surface area contributed by atoms with Crippen LogP contribution in [0.4, 0.5) is 0 Å². The quantitative estimate of drug-likeness (QED) is 0.165. The standard InChI is InChI=1S/C66H58N4/c1-5-20-42(21-6-1)61-63(43-22-7-2-8-23-43)69-70-64(44-24-9-3-10-25-44)60(54-34-15-16-35-55(54)65(61)70)49-31-18-30-48(39-49)59-41-58(67-66(68-59)45-26-11-4-12-27-45)47-29-17-28-46(38-47)50-36-19-37-53-51-32-13-14-33-52(51)56-40-57(56)62(50)53/h1-2,4-9,11-15,20-27,29-30,32-34,37-39,41,50,56-57,59,62H,3,10,16-19,28,31,35-36,40H2,(H,67,68). The largest absolute Gasteiger partial charge is 0.359 e. The minimum absolute atomic E-state index is 0.0459. The highest BCUT2D eigenvalue weighted by molar-refractivity contribution is 6.02. The molecule has 4 heteroatoms. The molecule has 7 aliphatic carbocycles. The van der Waals surface area contributed by atoms with Gasteiger partial charge in [-0.3, -0.25) is 0 Å². The lowest BCUT2D eigenvalue weighted by molar-refractivity contribution is 0.364. The zero-order valence-corrected chi connectivity index (χ0v) is 39.8. The average molecular weight is 907 g/mol. The third-order valence-corrected chi connectivity index (χ3v) is 16.7. The number of rotatable bonds is 8. The van der Waals surface area contributed by atoms with Crippen LogP contribution in [0.2, 0.25) is 0 Å². The van der Waals surface area contributed by atoms with Gasteiger partial charge in [0.1, 0.15) is 11.5 Å². The Bertz CT molecular complexity index is 3430. The summed E-state index contributed by atoms with van der Waals surface area (Å²) < 4.78 is 2.36. The van der Waals surface area contributed by atoms with Gasteiger partial charge in [0.2, 0.25) is 0 Å². The van der Waals surface area contributed by atoms with Crippen molar-refractivity contribution in [2.24, 2.45) is 22.7 Å². The van der Waals surface area contributed by atoms with E-state index in [9.17, 15) is 0 Å². The van der Waals surface area contributed by atoms with Gasteiger partial charge < -0.3 is 5.32 Å². The van der Waals surface area contributed by atoms with Crippen molar-refractivity contribution in [3.05, 3.63) is 238 Å². The molecule has 14 rings (SSSR count). The predicted octanol–water partition coefficient (Wildman–Crippen LogP) is 15.6. The first kappa shape index (κ1) is 41.7. The Kier molecular flexibility index (Phi) is 10.3. The normalized spacial score (nSPS) is 24.2. The molecule has 3 heterocycles. The van der Waals surface area contributed by atoms with Crippen LogP contribution in [0.1, 0.15) is 109 Å². The first-order valence-electron chi connectivity index (χ1n) is 26.2. The molecule has 342 valence electrons. The second kappa shape index (κ2) is 17.3. The Morgan fingerprint density at radius 3 is 2.19 bits per heavy atom. The highest BCUT2D eigenvalue weighted by atomic mass is 15.2. The Labute approximate surface area is 412 Å². The lowest BCUT2D eigenvalue weighted by Gasteiger charge is -2.39. The summed E-state index contributed by atoms with van der Waals surface area (Å²) in [4.78, 5) is 5.50. The van der Waals surface area contributed by atoms with Crippen molar-refractivity contribution in [3.8, 4) is 22.4 Å². The SMILES string of the molecule is C1=CC(c2c(C3=CC(C4C=C(C5=CCCC(C6CCC=C7c8ccccc8C8CC8C76)=C5)N=C(c5ccccc5)N4)=CCC3)c3c(c4c(-c5ccccc5)c(-c5ccccc5)nn24)CCC=C3)=CCC1. The number of hydrogen-bond acceptors (Lipinski definition) is 3. The number of pyridine rings is 1. The maximum absolute atomic E-state index is 5.71. The monoisotopic (exact) mass is 906 g/mol. The van der Waals surface area contributed by atoms with Crippen molar-refractivity contribution in [2.45, 2.75) is 82.6 Å². The molecule has 1 N–H and O–H groups in total. The van der Waals surface area contributed by atoms with Crippen LogP contribution in [0.5, 0.6) is 0 Å². The Morgan fingerprint density at radius 2 is 1.36 bits per heavy atom. The van der Waals surface area contributed by atoms with Gasteiger partial charge >= 0.3 is 0 Å². The average Bonchev–Trinajstić information content (AvgIpc) is 4.16. The third kappa shape index (κ3) is 7.09. The molecule has 4 aromatic carbocycles. The van der Waals surface area contributed by atoms with E-state index in [0.717, 1.165) is 98.0 Å². The van der Waals surface area contributed by atoms with Crippen molar-refractivity contribution < 1.29 is 0 Å². The van der Waals surface area contributed by atoms with Gasteiger partial charge in [0, 0.05) is 22.3 Å². The zero-order chi connectivity index (χ0) is 46.1. The second-order valence-corrected chi connectivity index (χ2v) is 20.7. The summed E-state index contributed by atoms with van der Waals surface area (Å²) in [5, 5.41) is 9.70. The molecule has 6 aromatic rings. The number of fused-ring (bicyclic) bond motifs is 9. The molecule has 1 aliphatic heterocycles. The van der Waals surface area contributed by atoms with Gasteiger partial charge in [0.15, 0.2) is 0 Å². The lowest BCUT2D eigenvalue weighted by atomic mass is 9.65. The first-order valence-corrected chi connectivity index (χ1v) is 26.2. The molecular weight excluding hydrogens is 849 g/mol. The van der Waals surface area contributed by atoms with E-state index in [-0.39, 0.29) is 6.04 Å². The Morgan fingerprint density at radius 1 is 0.600 bits per heavy atom. The predicted molar refractivity (Wildman–Crippen MR) is 290 cm³/mol. The number of allylic oxidation sites excluding steroid dienone is 12. The van der Waals surface area contributed by atoms with Crippen LogP contribution >= 0.6 is 0 Å². The van der Waals surface area contributed by atoms with E-state index < -0.39 is 0 Å². The Balaban J connectivity index is 0.892. The fraction of sp³-hybridized carbons (Fsp3) is 0.242. The molecule has 0 spiro atoms. The van der Waals surface area contributed by atoms with Gasteiger partial charge in [-0.25, -0.2) is 9.51 Å². The van der Waals surface area contributed by atoms with Crippen molar-refractivity contribution in [3.63, 3.8) is 0 Å². The highest BCUT2D eigenvalue weighted by Gasteiger charge is 2.53. The number of aliphatic imine (C=N–C) groups is 1. The number of nitrogens with one attached hydrogen (secondary N) is 1. The maximum Gasteiger partial charge on any atom is 0.134 e. The summed E-state index contributed by atoms with van der Waals surface area (Å²) in [6.07, 6.45) is 39.0. The summed E-state index contributed by atoms with van der Waals surface area (Å²) in [5.74, 6) is 3.69. The van der Waals surface area contributed by atoms with Crippen LogP contribution in [0.15, 0.2) is 203 Å². The van der Waals surface area contributed by atoms with Crippen molar-refractivity contribution in [2.75, 3.05) is 0 Å². The molecule has 2 aromatic heterocycles. The molecule has 1 fully saturated rings. The van der Waals surface area contributed by atoms with E-state index in [1.165, 1.54) is 79.7 Å². The van der Waals surface area contributed by atoms with E-state index in [0.29, 0.717) is 11.8 Å². The summed E-state index contributed by atoms with van der Waals surface area (Å²) in [7, 11) is 0. The number of aromatic nitrogens is 2. The smallest absolute Gasteiger partial charge is 0.134 e. The number of nitrogens with zero attached hydrogens (tertiary/aromatic N) is 3. The highest BCUT2D eigenvalue weighted by Crippen LogP contribution is 2.65. The lowest BCUT2D eigenvalue weighted by Crippen LogP contribution is -2.38. The molecule has 0 radical (unpaired) electrons. The summed E-state index contributed by atoms with van der Waals surface area (Å²) >= 11 is 0. The van der Waals surface area contributed by atoms with E-state index in [2.05, 4.69) is 192 Å². The number of aryl methyl sites for hydroxylation is 1. The zero-order valence-electron chi connectivity index (χ0n) is 39.8. The van der Waals surface area contributed by atoms with Gasteiger partial charge in [-0.05, 0) is 156 Å². The van der Waals surface area contributed by atoms with Gasteiger partial charge in [0.05, 0.1) is 22.9 Å². The topological polar surface area (TPSA) is 41.7 Å². The van der Waals surface area contributed by atoms with Gasteiger partial charge in [-0.15, -0.1) is 0 Å². The van der Waals surface area contributed by atoms with Crippen LogP contribution in [-0.2, 0) is 6.42 Å². The van der Waals surface area contributed by atoms with E-state index in [4.69, 9.17) is 10.1 Å². The molecule has 5 atom stereocenters. The second-order valence-electron chi connectivity index (χ2n) is 20.7. The summed E-state index contributed by atoms with van der Waals surface area (Å²) in [6.45, 7) is 0.